The van der Waals surface area contributed by atoms with Gasteiger partial charge in [0.15, 0.2) is 0 Å². The molecule has 4 heteroatoms. The predicted molar refractivity (Wildman–Crippen MR) is 52.2 cm³/mol. The number of H-pyrrole nitrogens is 1. The van der Waals surface area contributed by atoms with E-state index in [1.165, 1.54) is 11.4 Å². The van der Waals surface area contributed by atoms with Crippen LogP contribution in [0.25, 0.3) is 0 Å². The Morgan fingerprint density at radius 1 is 1.43 bits per heavy atom. The standard InChI is InChI=1S/C10H15N3O/c1-3-11-5-9-8(1)12-10(13-9)7-2-4-14-6-7/h7,11H,1-6H2,(H,12,13). The van der Waals surface area contributed by atoms with Crippen molar-refractivity contribution in [3.63, 3.8) is 0 Å². The second kappa shape index (κ2) is 3.37. The molecule has 2 N–H and O–H groups in total. The number of aromatic nitrogens is 2. The van der Waals surface area contributed by atoms with Crippen LogP contribution in [0.15, 0.2) is 0 Å². The van der Waals surface area contributed by atoms with Crippen molar-refractivity contribution in [2.45, 2.75) is 25.3 Å². The number of hydrogen-bond donors (Lipinski definition) is 2. The number of nitrogens with one attached hydrogen (secondary N) is 2. The van der Waals surface area contributed by atoms with E-state index in [9.17, 15) is 0 Å². The van der Waals surface area contributed by atoms with Crippen molar-refractivity contribution in [2.75, 3.05) is 19.8 Å². The van der Waals surface area contributed by atoms with Crippen LogP contribution >= 0.6 is 0 Å². The lowest BCUT2D eigenvalue weighted by atomic mass is 10.1. The lowest BCUT2D eigenvalue weighted by Crippen LogP contribution is -2.23. The van der Waals surface area contributed by atoms with E-state index in [-0.39, 0.29) is 0 Å². The van der Waals surface area contributed by atoms with E-state index < -0.39 is 0 Å². The minimum Gasteiger partial charge on any atom is -0.381 e. The molecule has 2 aliphatic rings. The highest BCUT2D eigenvalue weighted by Gasteiger charge is 2.23. The fourth-order valence-electron chi connectivity index (χ4n) is 2.18. The van der Waals surface area contributed by atoms with Crippen molar-refractivity contribution < 1.29 is 4.74 Å². The Kier molecular flexibility index (Phi) is 2.03. The monoisotopic (exact) mass is 193 g/mol. The van der Waals surface area contributed by atoms with Gasteiger partial charge < -0.3 is 15.0 Å². The summed E-state index contributed by atoms with van der Waals surface area (Å²) in [7, 11) is 0. The van der Waals surface area contributed by atoms with Gasteiger partial charge >= 0.3 is 0 Å². The molecule has 1 unspecified atom stereocenters. The van der Waals surface area contributed by atoms with Gasteiger partial charge in [-0.3, -0.25) is 0 Å². The van der Waals surface area contributed by atoms with Gasteiger partial charge in [0.2, 0.25) is 0 Å². The lowest BCUT2D eigenvalue weighted by Gasteiger charge is -2.09. The number of rotatable bonds is 1. The van der Waals surface area contributed by atoms with Crippen LogP contribution in [0.4, 0.5) is 0 Å². The van der Waals surface area contributed by atoms with E-state index in [1.54, 1.807) is 0 Å². The Labute approximate surface area is 83.1 Å². The molecule has 1 aromatic rings. The second-order valence-electron chi connectivity index (χ2n) is 4.03. The molecule has 0 radical (unpaired) electrons. The third kappa shape index (κ3) is 1.35. The van der Waals surface area contributed by atoms with Crippen molar-refractivity contribution in [3.8, 4) is 0 Å². The zero-order chi connectivity index (χ0) is 9.38. The third-order valence-corrected chi connectivity index (χ3v) is 3.04. The average molecular weight is 193 g/mol. The molecule has 2 aliphatic heterocycles. The largest absolute Gasteiger partial charge is 0.381 e. The van der Waals surface area contributed by atoms with Gasteiger partial charge in [0, 0.05) is 32.0 Å². The molecule has 0 bridgehead atoms. The first-order valence-corrected chi connectivity index (χ1v) is 5.29. The summed E-state index contributed by atoms with van der Waals surface area (Å²) in [6.07, 6.45) is 2.17. The first kappa shape index (κ1) is 8.44. The topological polar surface area (TPSA) is 49.9 Å². The zero-order valence-electron chi connectivity index (χ0n) is 8.18. The zero-order valence-corrected chi connectivity index (χ0v) is 8.18. The highest BCUT2D eigenvalue weighted by Crippen LogP contribution is 2.24. The Morgan fingerprint density at radius 2 is 2.43 bits per heavy atom. The van der Waals surface area contributed by atoms with Crippen LogP contribution < -0.4 is 5.32 Å². The number of aromatic amines is 1. The van der Waals surface area contributed by atoms with Crippen molar-refractivity contribution in [2.24, 2.45) is 0 Å². The summed E-state index contributed by atoms with van der Waals surface area (Å²) >= 11 is 0. The smallest absolute Gasteiger partial charge is 0.112 e. The second-order valence-corrected chi connectivity index (χ2v) is 4.03. The first-order valence-electron chi connectivity index (χ1n) is 5.29. The maximum absolute atomic E-state index is 5.37. The van der Waals surface area contributed by atoms with Gasteiger partial charge in [-0.05, 0) is 6.42 Å². The molecule has 0 spiro atoms. The van der Waals surface area contributed by atoms with Gasteiger partial charge in [0.1, 0.15) is 5.82 Å². The average Bonchev–Trinajstić information content (AvgIpc) is 2.86. The van der Waals surface area contributed by atoms with E-state index in [0.717, 1.165) is 45.0 Å². The van der Waals surface area contributed by atoms with Crippen molar-refractivity contribution in [3.05, 3.63) is 17.2 Å². The molecule has 0 saturated carbocycles. The molecule has 4 nitrogen and oxygen atoms in total. The summed E-state index contributed by atoms with van der Waals surface area (Å²) in [5, 5.41) is 3.34. The molecule has 1 atom stereocenters. The number of hydrogen-bond acceptors (Lipinski definition) is 3. The molecule has 1 aromatic heterocycles. The van der Waals surface area contributed by atoms with E-state index in [1.807, 2.05) is 0 Å². The predicted octanol–water partition coefficient (Wildman–Crippen LogP) is 0.559. The van der Waals surface area contributed by atoms with Crippen LogP contribution in [-0.2, 0) is 17.7 Å². The first-order chi connectivity index (χ1) is 6.93. The Morgan fingerprint density at radius 3 is 3.21 bits per heavy atom. The summed E-state index contributed by atoms with van der Waals surface area (Å²) in [6, 6.07) is 0. The Hall–Kier alpha value is -0.870. The van der Waals surface area contributed by atoms with E-state index in [2.05, 4.69) is 15.3 Å². The van der Waals surface area contributed by atoms with Crippen LogP contribution in [0, 0.1) is 0 Å². The highest BCUT2D eigenvalue weighted by molar-refractivity contribution is 5.19. The van der Waals surface area contributed by atoms with Gasteiger partial charge in [-0.15, -0.1) is 0 Å². The quantitative estimate of drug-likeness (QED) is 0.685. The lowest BCUT2D eigenvalue weighted by molar-refractivity contribution is 0.193. The SMILES string of the molecule is C1Cc2nc(C3CCOC3)[nH]c2CN1. The maximum atomic E-state index is 5.37. The number of fused-ring (bicyclic) bond motifs is 1. The fraction of sp³-hybridized carbons (Fsp3) is 0.700. The molecule has 1 saturated heterocycles. The van der Waals surface area contributed by atoms with Crippen LogP contribution in [0.3, 0.4) is 0 Å². The third-order valence-electron chi connectivity index (χ3n) is 3.04. The molecule has 1 fully saturated rings. The normalized spacial score (nSPS) is 26.4. The highest BCUT2D eigenvalue weighted by atomic mass is 16.5. The Balaban J connectivity index is 1.87. The van der Waals surface area contributed by atoms with E-state index in [0.29, 0.717) is 5.92 Å². The Bertz CT molecular complexity index is 305. The van der Waals surface area contributed by atoms with Gasteiger partial charge in [0.25, 0.3) is 0 Å². The van der Waals surface area contributed by atoms with Crippen molar-refractivity contribution >= 4 is 0 Å². The molecular weight excluding hydrogens is 178 g/mol. The molecule has 3 rings (SSSR count). The van der Waals surface area contributed by atoms with Gasteiger partial charge in [-0.1, -0.05) is 0 Å². The van der Waals surface area contributed by atoms with E-state index in [4.69, 9.17) is 4.74 Å². The summed E-state index contributed by atoms with van der Waals surface area (Å²) in [5.74, 6) is 1.64. The summed E-state index contributed by atoms with van der Waals surface area (Å²) in [5.41, 5.74) is 2.53. The molecular formula is C10H15N3O. The van der Waals surface area contributed by atoms with Crippen LogP contribution in [0.2, 0.25) is 0 Å². The van der Waals surface area contributed by atoms with Crippen molar-refractivity contribution in [1.82, 2.24) is 15.3 Å². The van der Waals surface area contributed by atoms with Gasteiger partial charge in [0.05, 0.1) is 18.0 Å². The van der Waals surface area contributed by atoms with Gasteiger partial charge in [-0.25, -0.2) is 4.98 Å². The van der Waals surface area contributed by atoms with Crippen LogP contribution in [-0.4, -0.2) is 29.7 Å². The number of ether oxygens (including phenoxy) is 1. The number of imidazole rings is 1. The molecule has 0 aromatic carbocycles. The minimum absolute atomic E-state index is 0.501. The number of nitrogens with zero attached hydrogens (tertiary/aromatic N) is 1. The summed E-state index contributed by atoms with van der Waals surface area (Å²) in [4.78, 5) is 8.08. The van der Waals surface area contributed by atoms with Crippen LogP contribution in [0.1, 0.15) is 29.6 Å². The fourth-order valence-corrected chi connectivity index (χ4v) is 2.18. The summed E-state index contributed by atoms with van der Waals surface area (Å²) < 4.78 is 5.37. The maximum Gasteiger partial charge on any atom is 0.112 e. The van der Waals surface area contributed by atoms with Crippen LogP contribution in [0.5, 0.6) is 0 Å². The summed E-state index contributed by atoms with van der Waals surface area (Å²) in [6.45, 7) is 3.71. The molecule has 3 heterocycles. The van der Waals surface area contributed by atoms with Gasteiger partial charge in [-0.2, -0.15) is 0 Å². The molecule has 0 aliphatic carbocycles. The van der Waals surface area contributed by atoms with Crippen molar-refractivity contribution in [1.29, 1.82) is 0 Å². The molecule has 14 heavy (non-hydrogen) atoms. The minimum atomic E-state index is 0.501. The molecule has 0 amide bonds. The molecule has 76 valence electrons. The van der Waals surface area contributed by atoms with E-state index >= 15 is 0 Å².